The van der Waals surface area contributed by atoms with Gasteiger partial charge in [0.15, 0.2) is 0 Å². The fraction of sp³-hybridized carbons (Fsp3) is 0.619. The summed E-state index contributed by atoms with van der Waals surface area (Å²) in [5.41, 5.74) is 0.710. The number of nitrogens with one attached hydrogen (secondary N) is 2. The van der Waals surface area contributed by atoms with Gasteiger partial charge in [-0.05, 0) is 43.6 Å². The summed E-state index contributed by atoms with van der Waals surface area (Å²) in [6, 6.07) is 8.18. The molecule has 0 saturated carbocycles. The lowest BCUT2D eigenvalue weighted by molar-refractivity contribution is -0.128. The number of benzene rings is 1. The van der Waals surface area contributed by atoms with Crippen molar-refractivity contribution in [1.29, 1.82) is 0 Å². The van der Waals surface area contributed by atoms with Crippen molar-refractivity contribution in [2.45, 2.75) is 46.1 Å². The Balaban J connectivity index is 1.90. The summed E-state index contributed by atoms with van der Waals surface area (Å²) in [5.74, 6) is 0.742. The lowest BCUT2D eigenvalue weighted by Gasteiger charge is -2.28. The highest BCUT2D eigenvalue weighted by Crippen LogP contribution is 2.27. The van der Waals surface area contributed by atoms with Crippen molar-refractivity contribution in [1.82, 2.24) is 15.5 Å². The summed E-state index contributed by atoms with van der Waals surface area (Å²) in [6.07, 6.45) is 2.66. The van der Waals surface area contributed by atoms with Gasteiger partial charge in [0.1, 0.15) is 5.75 Å². The van der Waals surface area contributed by atoms with Gasteiger partial charge in [-0.25, -0.2) is 0 Å². The Morgan fingerprint density at radius 3 is 2.52 bits per heavy atom. The smallest absolute Gasteiger partial charge is 0.225 e. The summed E-state index contributed by atoms with van der Waals surface area (Å²) in [4.78, 5) is 26.5. The molecule has 6 heteroatoms. The van der Waals surface area contributed by atoms with Gasteiger partial charge in [0.2, 0.25) is 11.8 Å². The molecule has 2 N–H and O–H groups in total. The molecule has 1 aliphatic rings. The van der Waals surface area contributed by atoms with E-state index in [0.29, 0.717) is 13.1 Å². The quantitative estimate of drug-likeness (QED) is 0.732. The Kier molecular flexibility index (Phi) is 7.66. The van der Waals surface area contributed by atoms with Crippen LogP contribution in [0.25, 0.3) is 0 Å². The molecule has 1 fully saturated rings. The van der Waals surface area contributed by atoms with Crippen LogP contribution in [0.2, 0.25) is 0 Å². The van der Waals surface area contributed by atoms with Gasteiger partial charge in [0.25, 0.3) is 0 Å². The van der Waals surface area contributed by atoms with E-state index in [1.54, 1.807) is 7.11 Å². The number of carbonyl (C=O) groups is 2. The molecule has 1 unspecified atom stereocenters. The van der Waals surface area contributed by atoms with Crippen LogP contribution in [0, 0.1) is 5.41 Å². The van der Waals surface area contributed by atoms with Crippen LogP contribution in [0.5, 0.6) is 5.75 Å². The first kappa shape index (κ1) is 21.2. The van der Waals surface area contributed by atoms with E-state index in [0.717, 1.165) is 24.4 Å². The minimum absolute atomic E-state index is 0.0402. The van der Waals surface area contributed by atoms with Crippen molar-refractivity contribution >= 4 is 11.8 Å². The van der Waals surface area contributed by atoms with Crippen molar-refractivity contribution in [3.05, 3.63) is 29.8 Å². The van der Waals surface area contributed by atoms with Crippen molar-refractivity contribution in [3.8, 4) is 5.75 Å². The monoisotopic (exact) mass is 375 g/mol. The average Bonchev–Trinajstić information content (AvgIpc) is 3.15. The molecule has 0 radical (unpaired) electrons. The van der Waals surface area contributed by atoms with Crippen LogP contribution in [-0.2, 0) is 9.59 Å². The summed E-state index contributed by atoms with van der Waals surface area (Å²) in [6.45, 7) is 8.57. The normalized spacial score (nSPS) is 16.0. The lowest BCUT2D eigenvalue weighted by atomic mass is 9.96. The standard InChI is InChI=1S/C21H33N3O3/c1-21(2,3)20(26)22-11-10-19(25)23-15-18(24-12-5-6-13-24)16-8-7-9-17(14-16)27-4/h7-9,14,18H,5-6,10-13,15H2,1-4H3,(H,22,26)(H,23,25). The summed E-state index contributed by atoms with van der Waals surface area (Å²) in [7, 11) is 1.66. The minimum Gasteiger partial charge on any atom is -0.497 e. The molecule has 1 heterocycles. The van der Waals surface area contributed by atoms with E-state index in [2.05, 4.69) is 21.6 Å². The molecule has 150 valence electrons. The number of amides is 2. The van der Waals surface area contributed by atoms with Gasteiger partial charge >= 0.3 is 0 Å². The first-order valence-corrected chi connectivity index (χ1v) is 9.74. The molecule has 0 bridgehead atoms. The van der Waals surface area contributed by atoms with Gasteiger partial charge in [0, 0.05) is 24.9 Å². The first-order valence-electron chi connectivity index (χ1n) is 9.74. The van der Waals surface area contributed by atoms with E-state index in [9.17, 15) is 9.59 Å². The first-order chi connectivity index (χ1) is 12.8. The molecule has 2 rings (SSSR count). The third kappa shape index (κ3) is 6.54. The summed E-state index contributed by atoms with van der Waals surface area (Å²) < 4.78 is 5.35. The second-order valence-corrected chi connectivity index (χ2v) is 8.10. The van der Waals surface area contributed by atoms with Crippen LogP contribution in [0.15, 0.2) is 24.3 Å². The fourth-order valence-corrected chi connectivity index (χ4v) is 3.21. The van der Waals surface area contributed by atoms with Crippen LogP contribution in [0.3, 0.4) is 0 Å². The number of carbonyl (C=O) groups excluding carboxylic acids is 2. The molecule has 2 amide bonds. The second-order valence-electron chi connectivity index (χ2n) is 8.10. The molecular weight excluding hydrogens is 342 g/mol. The number of rotatable bonds is 8. The third-order valence-corrected chi connectivity index (χ3v) is 4.87. The molecule has 1 aliphatic heterocycles. The molecule has 27 heavy (non-hydrogen) atoms. The number of ether oxygens (including phenoxy) is 1. The zero-order valence-electron chi connectivity index (χ0n) is 17.0. The van der Waals surface area contributed by atoms with Crippen LogP contribution in [-0.4, -0.2) is 50.0 Å². The number of hydrogen-bond donors (Lipinski definition) is 2. The Morgan fingerprint density at radius 2 is 1.89 bits per heavy atom. The number of hydrogen-bond acceptors (Lipinski definition) is 4. The highest BCUT2D eigenvalue weighted by atomic mass is 16.5. The van der Waals surface area contributed by atoms with Gasteiger partial charge < -0.3 is 15.4 Å². The van der Waals surface area contributed by atoms with Crippen LogP contribution in [0.4, 0.5) is 0 Å². The maximum absolute atomic E-state index is 12.2. The highest BCUT2D eigenvalue weighted by Gasteiger charge is 2.24. The Labute approximate surface area is 162 Å². The highest BCUT2D eigenvalue weighted by molar-refractivity contribution is 5.82. The predicted octanol–water partition coefficient (Wildman–Crippen LogP) is 2.50. The van der Waals surface area contributed by atoms with Crippen molar-refractivity contribution in [2.24, 2.45) is 5.41 Å². The second kappa shape index (κ2) is 9.74. The molecule has 6 nitrogen and oxygen atoms in total. The number of likely N-dealkylation sites (tertiary alicyclic amines) is 1. The Bertz CT molecular complexity index is 634. The van der Waals surface area contributed by atoms with Gasteiger partial charge in [-0.15, -0.1) is 0 Å². The zero-order chi connectivity index (χ0) is 19.9. The molecule has 0 aliphatic carbocycles. The van der Waals surface area contributed by atoms with Gasteiger partial charge in [0.05, 0.1) is 13.2 Å². The van der Waals surface area contributed by atoms with Crippen molar-refractivity contribution < 1.29 is 14.3 Å². The maximum Gasteiger partial charge on any atom is 0.225 e. The SMILES string of the molecule is COc1cccc(C(CNC(=O)CCNC(=O)C(C)(C)C)N2CCCC2)c1. The van der Waals surface area contributed by atoms with Crippen molar-refractivity contribution in [2.75, 3.05) is 33.3 Å². The zero-order valence-corrected chi connectivity index (χ0v) is 17.0. The molecule has 1 aromatic rings. The molecule has 1 aromatic carbocycles. The molecular formula is C21H33N3O3. The average molecular weight is 376 g/mol. The number of nitrogens with zero attached hydrogens (tertiary/aromatic N) is 1. The third-order valence-electron chi connectivity index (χ3n) is 4.87. The fourth-order valence-electron chi connectivity index (χ4n) is 3.21. The van der Waals surface area contributed by atoms with Gasteiger partial charge in [-0.3, -0.25) is 14.5 Å². The van der Waals surface area contributed by atoms with E-state index >= 15 is 0 Å². The van der Waals surface area contributed by atoms with E-state index in [-0.39, 0.29) is 24.3 Å². The Morgan fingerprint density at radius 1 is 1.19 bits per heavy atom. The lowest BCUT2D eigenvalue weighted by Crippen LogP contribution is -2.39. The van der Waals surface area contributed by atoms with E-state index in [1.165, 1.54) is 12.8 Å². The molecule has 1 atom stereocenters. The van der Waals surface area contributed by atoms with Crippen LogP contribution < -0.4 is 15.4 Å². The van der Waals surface area contributed by atoms with Crippen LogP contribution >= 0.6 is 0 Å². The molecule has 1 saturated heterocycles. The van der Waals surface area contributed by atoms with E-state index in [4.69, 9.17) is 4.74 Å². The molecule has 0 spiro atoms. The van der Waals surface area contributed by atoms with Gasteiger partial charge in [-0.1, -0.05) is 32.9 Å². The maximum atomic E-state index is 12.2. The van der Waals surface area contributed by atoms with Crippen molar-refractivity contribution in [3.63, 3.8) is 0 Å². The number of methoxy groups -OCH3 is 1. The topological polar surface area (TPSA) is 70.7 Å². The van der Waals surface area contributed by atoms with E-state index in [1.807, 2.05) is 39.0 Å². The summed E-state index contributed by atoms with van der Waals surface area (Å²) in [5, 5.41) is 5.85. The minimum atomic E-state index is -0.441. The molecule has 0 aromatic heterocycles. The van der Waals surface area contributed by atoms with Gasteiger partial charge in [-0.2, -0.15) is 0 Å². The van der Waals surface area contributed by atoms with E-state index < -0.39 is 5.41 Å². The largest absolute Gasteiger partial charge is 0.497 e. The predicted molar refractivity (Wildman–Crippen MR) is 107 cm³/mol. The summed E-state index contributed by atoms with van der Waals surface area (Å²) >= 11 is 0. The Hall–Kier alpha value is -2.08. The van der Waals surface area contributed by atoms with Crippen LogP contribution in [0.1, 0.15) is 51.6 Å².